The van der Waals surface area contributed by atoms with Gasteiger partial charge in [-0.1, -0.05) is 0 Å². The zero-order chi connectivity index (χ0) is 12.7. The number of phenolic OH excluding ortho intramolecular Hbond substituents is 2. The van der Waals surface area contributed by atoms with Gasteiger partial charge in [0, 0.05) is 5.56 Å². The van der Waals surface area contributed by atoms with Crippen LogP contribution in [-0.2, 0) is 0 Å². The van der Waals surface area contributed by atoms with Crippen LogP contribution in [0.5, 0.6) is 11.5 Å². The minimum Gasteiger partial charge on any atom is -0.504 e. The second kappa shape index (κ2) is 3.59. The van der Waals surface area contributed by atoms with Crippen molar-refractivity contribution in [1.82, 2.24) is 19.8 Å². The van der Waals surface area contributed by atoms with Gasteiger partial charge in [-0.25, -0.2) is 0 Å². The minimum absolute atomic E-state index is 0.177. The van der Waals surface area contributed by atoms with E-state index in [0.29, 0.717) is 16.9 Å². The molecule has 7 nitrogen and oxygen atoms in total. The molecule has 0 radical (unpaired) electrons. The summed E-state index contributed by atoms with van der Waals surface area (Å²) in [6.07, 6.45) is 0. The summed E-state index contributed by atoms with van der Waals surface area (Å²) in [5, 5.41) is 30.5. The van der Waals surface area contributed by atoms with Gasteiger partial charge < -0.3 is 15.9 Å². The molecule has 0 spiro atoms. The number of nitrogens with two attached hydrogens (primary N) is 1. The van der Waals surface area contributed by atoms with Gasteiger partial charge in [0.1, 0.15) is 0 Å². The van der Waals surface area contributed by atoms with Gasteiger partial charge in [-0.05, 0) is 30.3 Å². The van der Waals surface area contributed by atoms with Crippen LogP contribution in [0.3, 0.4) is 0 Å². The first-order valence-electron chi connectivity index (χ1n) is 5.15. The number of hydrogen-bond acceptors (Lipinski definition) is 6. The molecule has 1 aromatic carbocycles. The van der Waals surface area contributed by atoms with Gasteiger partial charge in [0.15, 0.2) is 17.1 Å². The monoisotopic (exact) mass is 243 g/mol. The molecule has 90 valence electrons. The van der Waals surface area contributed by atoms with E-state index in [2.05, 4.69) is 15.3 Å². The average Bonchev–Trinajstić information content (AvgIpc) is 2.74. The molecule has 0 amide bonds. The van der Waals surface area contributed by atoms with Crippen LogP contribution in [-0.4, -0.2) is 30.0 Å². The van der Waals surface area contributed by atoms with Gasteiger partial charge in [0.2, 0.25) is 5.95 Å². The van der Waals surface area contributed by atoms with E-state index in [0.717, 1.165) is 0 Å². The zero-order valence-corrected chi connectivity index (χ0v) is 9.15. The number of rotatable bonds is 1. The molecule has 2 aromatic heterocycles. The molecule has 18 heavy (non-hydrogen) atoms. The number of nitrogen functional groups attached to an aromatic ring is 1. The van der Waals surface area contributed by atoms with Crippen molar-refractivity contribution in [3.63, 3.8) is 0 Å². The summed E-state index contributed by atoms with van der Waals surface area (Å²) in [5.41, 5.74) is 7.40. The molecule has 0 saturated heterocycles. The highest BCUT2D eigenvalue weighted by Gasteiger charge is 2.07. The average molecular weight is 243 g/mol. The fourth-order valence-corrected chi connectivity index (χ4v) is 1.64. The maximum absolute atomic E-state index is 9.46. The Morgan fingerprint density at radius 2 is 1.83 bits per heavy atom. The van der Waals surface area contributed by atoms with E-state index in [-0.39, 0.29) is 17.4 Å². The summed E-state index contributed by atoms with van der Waals surface area (Å²) in [4.78, 5) is 0. The third-order valence-electron chi connectivity index (χ3n) is 2.56. The Hall–Kier alpha value is -2.83. The number of benzene rings is 1. The fourth-order valence-electron chi connectivity index (χ4n) is 1.64. The molecule has 0 atom stereocenters. The van der Waals surface area contributed by atoms with Crippen LogP contribution in [0.2, 0.25) is 0 Å². The van der Waals surface area contributed by atoms with E-state index in [9.17, 15) is 10.2 Å². The zero-order valence-electron chi connectivity index (χ0n) is 9.15. The lowest BCUT2D eigenvalue weighted by Gasteiger charge is -2.03. The Labute approximate surface area is 101 Å². The molecule has 0 aliphatic carbocycles. The maximum Gasteiger partial charge on any atom is 0.243 e. The van der Waals surface area contributed by atoms with Gasteiger partial charge in [-0.3, -0.25) is 0 Å². The van der Waals surface area contributed by atoms with Crippen LogP contribution in [0.4, 0.5) is 5.95 Å². The highest BCUT2D eigenvalue weighted by Crippen LogP contribution is 2.29. The Kier molecular flexibility index (Phi) is 2.06. The predicted molar refractivity (Wildman–Crippen MR) is 64.0 cm³/mol. The molecular formula is C11H9N5O2. The normalized spacial score (nSPS) is 10.9. The van der Waals surface area contributed by atoms with E-state index in [4.69, 9.17) is 5.73 Å². The van der Waals surface area contributed by atoms with Crippen molar-refractivity contribution >= 4 is 11.6 Å². The fraction of sp³-hybridized carbons (Fsp3) is 0. The number of phenols is 2. The summed E-state index contributed by atoms with van der Waals surface area (Å²) in [5.74, 6) is -0.190. The van der Waals surface area contributed by atoms with Gasteiger partial charge in [0.25, 0.3) is 0 Å². The first-order valence-corrected chi connectivity index (χ1v) is 5.15. The number of fused-ring (bicyclic) bond motifs is 1. The first-order chi connectivity index (χ1) is 8.65. The van der Waals surface area contributed by atoms with Crippen LogP contribution >= 0.6 is 0 Å². The van der Waals surface area contributed by atoms with Crippen LogP contribution in [0.15, 0.2) is 30.3 Å². The van der Waals surface area contributed by atoms with E-state index >= 15 is 0 Å². The topological polar surface area (TPSA) is 110 Å². The number of anilines is 1. The van der Waals surface area contributed by atoms with E-state index < -0.39 is 0 Å². The largest absolute Gasteiger partial charge is 0.504 e. The smallest absolute Gasteiger partial charge is 0.243 e. The highest BCUT2D eigenvalue weighted by atomic mass is 16.3. The lowest BCUT2D eigenvalue weighted by atomic mass is 10.1. The van der Waals surface area contributed by atoms with Crippen LogP contribution < -0.4 is 5.73 Å². The molecule has 0 fully saturated rings. The SMILES string of the molecule is Nc1nnc2ccc(-c3ccc(O)c(O)c3)nn12. The Morgan fingerprint density at radius 3 is 2.61 bits per heavy atom. The molecule has 7 heteroatoms. The highest BCUT2D eigenvalue weighted by molar-refractivity contribution is 5.64. The molecule has 4 N–H and O–H groups in total. The van der Waals surface area contributed by atoms with E-state index in [1.165, 1.54) is 16.6 Å². The Balaban J connectivity index is 2.18. The van der Waals surface area contributed by atoms with Gasteiger partial charge in [0.05, 0.1) is 5.69 Å². The summed E-state index contributed by atoms with van der Waals surface area (Å²) in [6, 6.07) is 7.91. The molecule has 0 aliphatic rings. The lowest BCUT2D eigenvalue weighted by Crippen LogP contribution is -1.99. The Bertz CT molecular complexity index is 737. The van der Waals surface area contributed by atoms with Crippen LogP contribution in [0, 0.1) is 0 Å². The molecule has 0 unspecified atom stereocenters. The van der Waals surface area contributed by atoms with Gasteiger partial charge in [-0.2, -0.15) is 9.61 Å². The van der Waals surface area contributed by atoms with Gasteiger partial charge >= 0.3 is 0 Å². The molecule has 0 saturated carbocycles. The number of aromatic hydroxyl groups is 2. The second-order valence-electron chi connectivity index (χ2n) is 3.75. The standard InChI is InChI=1S/C11H9N5O2/c12-11-14-13-10-4-2-7(15-16(10)11)6-1-3-8(17)9(18)5-6/h1-5,17-18H,(H2,12,14). The van der Waals surface area contributed by atoms with E-state index in [1.807, 2.05) is 0 Å². The number of hydrogen-bond donors (Lipinski definition) is 3. The van der Waals surface area contributed by atoms with E-state index in [1.54, 1.807) is 18.2 Å². The second-order valence-corrected chi connectivity index (χ2v) is 3.75. The molecule has 3 aromatic rings. The summed E-state index contributed by atoms with van der Waals surface area (Å²) in [6.45, 7) is 0. The first kappa shape index (κ1) is 10.3. The third kappa shape index (κ3) is 1.49. The maximum atomic E-state index is 9.46. The third-order valence-corrected chi connectivity index (χ3v) is 2.56. The molecule has 0 aliphatic heterocycles. The molecule has 2 heterocycles. The Morgan fingerprint density at radius 1 is 1.00 bits per heavy atom. The summed E-state index contributed by atoms with van der Waals surface area (Å²) >= 11 is 0. The number of aromatic nitrogens is 4. The molecule has 0 bridgehead atoms. The van der Waals surface area contributed by atoms with Crippen LogP contribution in [0.1, 0.15) is 0 Å². The van der Waals surface area contributed by atoms with Crippen molar-refractivity contribution in [2.75, 3.05) is 5.73 Å². The van der Waals surface area contributed by atoms with Crippen molar-refractivity contribution in [3.05, 3.63) is 30.3 Å². The quantitative estimate of drug-likeness (QED) is 0.545. The van der Waals surface area contributed by atoms with Gasteiger partial charge in [-0.15, -0.1) is 10.2 Å². The van der Waals surface area contributed by atoms with Crippen molar-refractivity contribution in [2.45, 2.75) is 0 Å². The van der Waals surface area contributed by atoms with Crippen molar-refractivity contribution in [3.8, 4) is 22.8 Å². The minimum atomic E-state index is -0.203. The van der Waals surface area contributed by atoms with Crippen molar-refractivity contribution < 1.29 is 10.2 Å². The molecule has 3 rings (SSSR count). The lowest BCUT2D eigenvalue weighted by molar-refractivity contribution is 0.404. The number of nitrogens with zero attached hydrogens (tertiary/aromatic N) is 4. The van der Waals surface area contributed by atoms with Crippen LogP contribution in [0.25, 0.3) is 16.9 Å². The van der Waals surface area contributed by atoms with Crippen molar-refractivity contribution in [2.24, 2.45) is 0 Å². The summed E-state index contributed by atoms with van der Waals surface area (Å²) < 4.78 is 1.40. The summed E-state index contributed by atoms with van der Waals surface area (Å²) in [7, 11) is 0. The predicted octanol–water partition coefficient (Wildman–Crippen LogP) is 0.785. The van der Waals surface area contributed by atoms with Crippen molar-refractivity contribution in [1.29, 1.82) is 0 Å². The molecular weight excluding hydrogens is 234 g/mol.